The highest BCUT2D eigenvalue weighted by atomic mass is 32.2. The van der Waals surface area contributed by atoms with Gasteiger partial charge in [0.05, 0.1) is 11.2 Å². The van der Waals surface area contributed by atoms with E-state index < -0.39 is 10.0 Å². The van der Waals surface area contributed by atoms with E-state index >= 15 is 0 Å². The number of anilines is 1. The van der Waals surface area contributed by atoms with Crippen molar-refractivity contribution in [3.63, 3.8) is 0 Å². The molecule has 1 atom stereocenters. The van der Waals surface area contributed by atoms with Crippen LogP contribution in [0.15, 0.2) is 41.9 Å². The molecule has 2 heterocycles. The van der Waals surface area contributed by atoms with Gasteiger partial charge in [0.15, 0.2) is 0 Å². The quantitative estimate of drug-likeness (QED) is 0.508. The van der Waals surface area contributed by atoms with Crippen molar-refractivity contribution in [2.24, 2.45) is 5.84 Å². The van der Waals surface area contributed by atoms with Crippen LogP contribution < -0.4 is 16.0 Å². The Hall–Kier alpha value is -1.97. The maximum absolute atomic E-state index is 12.2. The number of pyridine rings is 1. The minimum Gasteiger partial charge on any atom is -0.336 e. The number of nitrogens with zero attached hydrogens (tertiary/aromatic N) is 3. The zero-order chi connectivity index (χ0) is 14.6. The van der Waals surface area contributed by atoms with Crippen LogP contribution in [0.3, 0.4) is 0 Å². The van der Waals surface area contributed by atoms with Crippen LogP contribution in [0.4, 0.5) is 5.82 Å². The van der Waals surface area contributed by atoms with E-state index in [1.165, 1.54) is 18.3 Å². The van der Waals surface area contributed by atoms with Gasteiger partial charge >= 0.3 is 0 Å². The van der Waals surface area contributed by atoms with E-state index in [2.05, 4.69) is 20.1 Å². The van der Waals surface area contributed by atoms with Gasteiger partial charge in [0.2, 0.25) is 10.0 Å². The Morgan fingerprint density at radius 1 is 1.45 bits per heavy atom. The molecule has 2 aromatic heterocycles. The maximum atomic E-state index is 12.2. The highest BCUT2D eigenvalue weighted by Gasteiger charge is 2.18. The monoisotopic (exact) mass is 296 g/mol. The van der Waals surface area contributed by atoms with Crippen molar-refractivity contribution in [2.75, 3.05) is 5.43 Å². The molecule has 0 fully saturated rings. The summed E-state index contributed by atoms with van der Waals surface area (Å²) in [5.41, 5.74) is 2.31. The van der Waals surface area contributed by atoms with Crippen molar-refractivity contribution in [2.45, 2.75) is 24.4 Å². The largest absolute Gasteiger partial charge is 0.336 e. The van der Waals surface area contributed by atoms with Crippen molar-refractivity contribution in [3.8, 4) is 0 Å². The van der Waals surface area contributed by atoms with Crippen molar-refractivity contribution >= 4 is 15.8 Å². The summed E-state index contributed by atoms with van der Waals surface area (Å²) >= 11 is 0. The first-order valence-electron chi connectivity index (χ1n) is 5.92. The molecule has 0 aliphatic heterocycles. The van der Waals surface area contributed by atoms with Crippen LogP contribution in [0.5, 0.6) is 0 Å². The van der Waals surface area contributed by atoms with E-state index in [0.29, 0.717) is 6.54 Å². The molecular weight excluding hydrogens is 280 g/mol. The Labute approximate surface area is 117 Å². The molecular formula is C11H16N6O2S. The highest BCUT2D eigenvalue weighted by Crippen LogP contribution is 2.12. The van der Waals surface area contributed by atoms with Crippen LogP contribution in [0, 0.1) is 0 Å². The summed E-state index contributed by atoms with van der Waals surface area (Å²) < 4.78 is 28.8. The van der Waals surface area contributed by atoms with Gasteiger partial charge in [0.1, 0.15) is 5.82 Å². The molecule has 0 aromatic carbocycles. The van der Waals surface area contributed by atoms with Crippen LogP contribution in [-0.4, -0.2) is 29.0 Å². The van der Waals surface area contributed by atoms with Crippen molar-refractivity contribution in [3.05, 3.63) is 37.1 Å². The normalized spacial score (nSPS) is 13.1. The fourth-order valence-corrected chi connectivity index (χ4v) is 2.99. The fraction of sp³-hybridized carbons (Fsp3) is 0.273. The molecule has 1 unspecified atom stereocenters. The molecule has 20 heavy (non-hydrogen) atoms. The van der Waals surface area contributed by atoms with E-state index in [1.54, 1.807) is 30.2 Å². The lowest BCUT2D eigenvalue weighted by atomic mass is 10.4. The molecule has 0 aliphatic rings. The van der Waals surface area contributed by atoms with Crippen LogP contribution in [0.1, 0.15) is 6.92 Å². The number of nitrogens with two attached hydrogens (primary N) is 1. The lowest BCUT2D eigenvalue weighted by Crippen LogP contribution is -2.35. The number of hydrazine groups is 1. The first-order valence-corrected chi connectivity index (χ1v) is 7.40. The first-order chi connectivity index (χ1) is 9.51. The van der Waals surface area contributed by atoms with Crippen LogP contribution in [-0.2, 0) is 16.6 Å². The van der Waals surface area contributed by atoms with E-state index in [9.17, 15) is 8.42 Å². The lowest BCUT2D eigenvalue weighted by molar-refractivity contribution is 0.520. The summed E-state index contributed by atoms with van der Waals surface area (Å²) in [6, 6.07) is 2.50. The molecule has 0 bridgehead atoms. The van der Waals surface area contributed by atoms with Crippen molar-refractivity contribution < 1.29 is 8.42 Å². The molecule has 0 spiro atoms. The molecule has 0 aliphatic carbocycles. The minimum absolute atomic E-state index is 0.109. The molecule has 9 heteroatoms. The molecule has 0 amide bonds. The molecule has 2 rings (SSSR count). The van der Waals surface area contributed by atoms with Gasteiger partial charge in [0.25, 0.3) is 0 Å². The zero-order valence-corrected chi connectivity index (χ0v) is 11.7. The van der Waals surface area contributed by atoms with E-state index in [1.807, 2.05) is 0 Å². The molecule has 0 saturated heterocycles. The number of nitrogens with one attached hydrogen (secondary N) is 2. The molecule has 2 aromatic rings. The standard InChI is InChI=1S/C11H16N6O2S/c1-9(7-17-5-4-13-8-17)16-20(18,19)10-2-3-14-11(6-10)15-12/h2-6,8-9,16H,7,12H2,1H3,(H,14,15). The minimum atomic E-state index is -3.61. The average molecular weight is 296 g/mol. The van der Waals surface area contributed by atoms with Crippen LogP contribution in [0.2, 0.25) is 0 Å². The second kappa shape index (κ2) is 5.99. The topological polar surface area (TPSA) is 115 Å². The van der Waals surface area contributed by atoms with Gasteiger partial charge in [-0.2, -0.15) is 0 Å². The molecule has 0 radical (unpaired) electrons. The summed E-state index contributed by atoms with van der Waals surface area (Å²) in [4.78, 5) is 7.89. The predicted molar refractivity (Wildman–Crippen MR) is 74.1 cm³/mol. The number of nitrogen functional groups attached to an aromatic ring is 1. The average Bonchev–Trinajstić information content (AvgIpc) is 2.91. The summed E-state index contributed by atoms with van der Waals surface area (Å²) in [5, 5.41) is 0. The Bertz CT molecular complexity index is 655. The highest BCUT2D eigenvalue weighted by molar-refractivity contribution is 7.89. The molecule has 8 nitrogen and oxygen atoms in total. The van der Waals surface area contributed by atoms with Crippen molar-refractivity contribution in [1.29, 1.82) is 0 Å². The summed E-state index contributed by atoms with van der Waals surface area (Å²) in [6.07, 6.45) is 6.43. The third-order valence-electron chi connectivity index (χ3n) is 2.59. The number of imidazole rings is 1. The van der Waals surface area contributed by atoms with Gasteiger partial charge < -0.3 is 9.99 Å². The smallest absolute Gasteiger partial charge is 0.241 e. The SMILES string of the molecule is CC(Cn1ccnc1)NS(=O)(=O)c1ccnc(NN)c1. The summed E-state index contributed by atoms with van der Waals surface area (Å²) in [6.45, 7) is 2.27. The first kappa shape index (κ1) is 14.4. The lowest BCUT2D eigenvalue weighted by Gasteiger charge is -2.15. The zero-order valence-electron chi connectivity index (χ0n) is 10.9. The Balaban J connectivity index is 2.10. The van der Waals surface area contributed by atoms with Gasteiger partial charge in [0, 0.05) is 37.2 Å². The number of aromatic nitrogens is 3. The maximum Gasteiger partial charge on any atom is 0.241 e. The van der Waals surface area contributed by atoms with Gasteiger partial charge in [-0.15, -0.1) is 0 Å². The van der Waals surface area contributed by atoms with Gasteiger partial charge in [-0.25, -0.2) is 29.0 Å². The van der Waals surface area contributed by atoms with Crippen LogP contribution >= 0.6 is 0 Å². The fourth-order valence-electron chi connectivity index (χ4n) is 1.74. The van der Waals surface area contributed by atoms with Crippen LogP contribution in [0.25, 0.3) is 0 Å². The Morgan fingerprint density at radius 3 is 2.90 bits per heavy atom. The van der Waals surface area contributed by atoms with Gasteiger partial charge in [-0.1, -0.05) is 0 Å². The molecule has 4 N–H and O–H groups in total. The summed E-state index contributed by atoms with van der Waals surface area (Å²) in [5.74, 6) is 5.50. The Morgan fingerprint density at radius 2 is 2.25 bits per heavy atom. The third kappa shape index (κ3) is 3.53. The predicted octanol–water partition coefficient (Wildman–Crippen LogP) is -0.0693. The number of hydrogen-bond donors (Lipinski definition) is 3. The van der Waals surface area contributed by atoms with Crippen molar-refractivity contribution in [1.82, 2.24) is 19.3 Å². The second-order valence-electron chi connectivity index (χ2n) is 4.30. The Kier molecular flexibility index (Phi) is 4.32. The van der Waals surface area contributed by atoms with Gasteiger partial charge in [-0.3, -0.25) is 0 Å². The summed E-state index contributed by atoms with van der Waals surface area (Å²) in [7, 11) is -3.61. The number of hydrogen-bond acceptors (Lipinski definition) is 6. The number of sulfonamides is 1. The third-order valence-corrected chi connectivity index (χ3v) is 4.18. The second-order valence-corrected chi connectivity index (χ2v) is 6.02. The number of rotatable bonds is 6. The molecule has 108 valence electrons. The molecule has 0 saturated carbocycles. The van der Waals surface area contributed by atoms with Gasteiger partial charge in [-0.05, 0) is 13.0 Å². The van der Waals surface area contributed by atoms with E-state index in [-0.39, 0.29) is 16.8 Å². The van der Waals surface area contributed by atoms with E-state index in [4.69, 9.17) is 5.84 Å². The van der Waals surface area contributed by atoms with E-state index in [0.717, 1.165) is 0 Å².